The van der Waals surface area contributed by atoms with E-state index in [1.807, 2.05) is 56.3 Å². The zero-order valence-electron chi connectivity index (χ0n) is 31.4. The third-order valence-electron chi connectivity index (χ3n) is 9.61. The highest BCUT2D eigenvalue weighted by molar-refractivity contribution is 6.03. The molecule has 0 radical (unpaired) electrons. The summed E-state index contributed by atoms with van der Waals surface area (Å²) in [5.74, 6) is -0.461. The Morgan fingerprint density at radius 1 is 0.945 bits per heavy atom. The Balaban J connectivity index is 1.35. The number of likely N-dealkylation sites (N-methyl/N-ethyl adjacent to an activating group) is 1. The van der Waals surface area contributed by atoms with Gasteiger partial charge in [-0.25, -0.2) is 9.59 Å². The second-order valence-corrected chi connectivity index (χ2v) is 14.0. The highest BCUT2D eigenvalue weighted by Crippen LogP contribution is 2.31. The standard InChI is InChI=1S/C41H48F3N5O6/c1-26-23-49(27(2)25-50)38(51)34-22-32(46-39(52)45-31-17-15-30(16-18-31)41(42,43)44)19-20-36(34)55-28(3)10-7-8-21-54-37(26)24-48(4)40(53)47-35-14-9-12-29-11-5-6-13-33(29)35/h5-6,9,11-20,22,26-28,37,50H,7-8,10,21,23-25H2,1-4H3,(H,47,53)(H2,45,46,52)/t26-,27+,28-,37+/m1/s1. The molecule has 1 aliphatic heterocycles. The Bertz CT molecular complexity index is 1940. The summed E-state index contributed by atoms with van der Waals surface area (Å²) in [5, 5.41) is 20.4. The fourth-order valence-corrected chi connectivity index (χ4v) is 6.40. The third kappa shape index (κ3) is 10.9. The van der Waals surface area contributed by atoms with Crippen molar-refractivity contribution in [1.29, 1.82) is 0 Å². The Labute approximate surface area is 318 Å². The van der Waals surface area contributed by atoms with Crippen molar-refractivity contribution in [2.45, 2.75) is 64.5 Å². The van der Waals surface area contributed by atoms with Crippen molar-refractivity contribution < 1.29 is 42.1 Å². The number of nitrogens with zero attached hydrogens (tertiary/aromatic N) is 2. The number of amides is 5. The third-order valence-corrected chi connectivity index (χ3v) is 9.61. The van der Waals surface area contributed by atoms with E-state index in [1.54, 1.807) is 31.0 Å². The van der Waals surface area contributed by atoms with Crippen LogP contribution in [0.3, 0.4) is 0 Å². The molecule has 0 saturated heterocycles. The highest BCUT2D eigenvalue weighted by Gasteiger charge is 2.32. The predicted molar refractivity (Wildman–Crippen MR) is 207 cm³/mol. The number of urea groups is 2. The van der Waals surface area contributed by atoms with Crippen molar-refractivity contribution >= 4 is 45.8 Å². The van der Waals surface area contributed by atoms with Crippen LogP contribution in [-0.4, -0.2) is 84.5 Å². The van der Waals surface area contributed by atoms with E-state index in [9.17, 15) is 32.7 Å². The van der Waals surface area contributed by atoms with Gasteiger partial charge in [0, 0.05) is 49.4 Å². The maximum atomic E-state index is 14.4. The van der Waals surface area contributed by atoms with E-state index in [0.717, 1.165) is 47.9 Å². The van der Waals surface area contributed by atoms with Crippen LogP contribution in [0, 0.1) is 5.92 Å². The normalized spacial score (nSPS) is 19.0. The molecule has 0 spiro atoms. The van der Waals surface area contributed by atoms with Gasteiger partial charge in [0.05, 0.1) is 41.7 Å². The molecule has 0 fully saturated rings. The highest BCUT2D eigenvalue weighted by atomic mass is 19.4. The van der Waals surface area contributed by atoms with Crippen LogP contribution in [-0.2, 0) is 10.9 Å². The van der Waals surface area contributed by atoms with Crippen LogP contribution in [0.15, 0.2) is 84.9 Å². The number of carbonyl (C=O) groups excluding carboxylic acids is 3. The number of aliphatic hydroxyl groups excluding tert-OH is 1. The summed E-state index contributed by atoms with van der Waals surface area (Å²) in [4.78, 5) is 43.9. The van der Waals surface area contributed by atoms with E-state index >= 15 is 0 Å². The molecule has 0 bridgehead atoms. The number of nitrogens with one attached hydrogen (secondary N) is 3. The number of ether oxygens (including phenoxy) is 2. The van der Waals surface area contributed by atoms with Gasteiger partial charge in [-0.2, -0.15) is 13.2 Å². The largest absolute Gasteiger partial charge is 0.490 e. The van der Waals surface area contributed by atoms with E-state index < -0.39 is 35.8 Å². The summed E-state index contributed by atoms with van der Waals surface area (Å²) in [6, 6.07) is 20.5. The van der Waals surface area contributed by atoms with E-state index in [4.69, 9.17) is 9.47 Å². The van der Waals surface area contributed by atoms with Crippen molar-refractivity contribution in [2.75, 3.05) is 49.3 Å². The van der Waals surface area contributed by atoms with Gasteiger partial charge in [0.1, 0.15) is 5.75 Å². The molecule has 4 aromatic carbocycles. The zero-order valence-corrected chi connectivity index (χ0v) is 31.4. The second kappa shape index (κ2) is 18.3. The molecule has 55 heavy (non-hydrogen) atoms. The van der Waals surface area contributed by atoms with E-state index in [1.165, 1.54) is 11.0 Å². The molecule has 5 amide bonds. The molecule has 4 aromatic rings. The van der Waals surface area contributed by atoms with Gasteiger partial charge in [0.25, 0.3) is 5.91 Å². The van der Waals surface area contributed by atoms with E-state index in [-0.39, 0.29) is 54.7 Å². The molecule has 1 heterocycles. The summed E-state index contributed by atoms with van der Waals surface area (Å²) in [6.45, 7) is 6.03. The summed E-state index contributed by atoms with van der Waals surface area (Å²) < 4.78 is 51.6. The maximum absolute atomic E-state index is 14.4. The lowest BCUT2D eigenvalue weighted by molar-refractivity contribution is -0.137. The maximum Gasteiger partial charge on any atom is 0.416 e. The Morgan fingerprint density at radius 2 is 1.64 bits per heavy atom. The van der Waals surface area contributed by atoms with Crippen molar-refractivity contribution in [3.63, 3.8) is 0 Å². The Kier molecular flexibility index (Phi) is 13.6. The van der Waals surface area contributed by atoms with Crippen LogP contribution >= 0.6 is 0 Å². The molecule has 5 rings (SSSR count). The summed E-state index contributed by atoms with van der Waals surface area (Å²) >= 11 is 0. The first-order chi connectivity index (χ1) is 26.2. The minimum Gasteiger partial charge on any atom is -0.490 e. The lowest BCUT2D eigenvalue weighted by Gasteiger charge is -2.35. The van der Waals surface area contributed by atoms with Crippen LogP contribution < -0.4 is 20.7 Å². The number of hydrogen-bond acceptors (Lipinski definition) is 6. The van der Waals surface area contributed by atoms with Crippen molar-refractivity contribution in [1.82, 2.24) is 9.80 Å². The monoisotopic (exact) mass is 763 g/mol. The Hall–Kier alpha value is -5.34. The van der Waals surface area contributed by atoms with Crippen LogP contribution in [0.4, 0.5) is 39.8 Å². The molecule has 14 heteroatoms. The minimum absolute atomic E-state index is 0.141. The van der Waals surface area contributed by atoms with Gasteiger partial charge in [-0.1, -0.05) is 43.3 Å². The van der Waals surface area contributed by atoms with Gasteiger partial charge in [-0.3, -0.25) is 4.79 Å². The van der Waals surface area contributed by atoms with Gasteiger partial charge in [-0.15, -0.1) is 0 Å². The SMILES string of the molecule is C[C@@H]1CCCCO[C@@H](CN(C)C(=O)Nc2cccc3ccccc23)[C@H](C)CN([C@@H](C)CO)C(=O)c2cc(NC(=O)Nc3ccc(C(F)(F)F)cc3)ccc2O1. The molecule has 0 aromatic heterocycles. The number of fused-ring (bicyclic) bond motifs is 2. The smallest absolute Gasteiger partial charge is 0.416 e. The minimum atomic E-state index is -4.51. The number of benzene rings is 4. The van der Waals surface area contributed by atoms with E-state index in [2.05, 4.69) is 16.0 Å². The summed E-state index contributed by atoms with van der Waals surface area (Å²) in [5.41, 5.74) is 0.360. The lowest BCUT2D eigenvalue weighted by atomic mass is 10.0. The first-order valence-electron chi connectivity index (χ1n) is 18.3. The summed E-state index contributed by atoms with van der Waals surface area (Å²) in [7, 11) is 1.69. The van der Waals surface area contributed by atoms with Gasteiger partial charge in [0.2, 0.25) is 0 Å². The van der Waals surface area contributed by atoms with Gasteiger partial charge in [-0.05, 0) is 87.0 Å². The summed E-state index contributed by atoms with van der Waals surface area (Å²) in [6.07, 6.45) is -3.08. The van der Waals surface area contributed by atoms with Crippen LogP contribution in [0.5, 0.6) is 5.75 Å². The predicted octanol–water partition coefficient (Wildman–Crippen LogP) is 8.46. The molecule has 1 aliphatic rings. The van der Waals surface area contributed by atoms with Crippen LogP contribution in [0.1, 0.15) is 56.0 Å². The number of aliphatic hydroxyl groups is 1. The second-order valence-electron chi connectivity index (χ2n) is 14.0. The number of rotatable bonds is 7. The van der Waals surface area contributed by atoms with Crippen molar-refractivity contribution in [3.8, 4) is 5.75 Å². The van der Waals surface area contributed by atoms with E-state index in [0.29, 0.717) is 24.5 Å². The average molecular weight is 764 g/mol. The molecule has 4 N–H and O–H groups in total. The molecule has 4 atom stereocenters. The first-order valence-corrected chi connectivity index (χ1v) is 18.3. The fourth-order valence-electron chi connectivity index (χ4n) is 6.40. The fraction of sp³-hybridized carbons (Fsp3) is 0.390. The Morgan fingerprint density at radius 3 is 2.36 bits per heavy atom. The van der Waals surface area contributed by atoms with Gasteiger partial charge >= 0.3 is 18.2 Å². The molecular formula is C41H48F3N5O6. The molecular weight excluding hydrogens is 715 g/mol. The average Bonchev–Trinajstić information content (AvgIpc) is 3.15. The number of hydrogen-bond donors (Lipinski definition) is 4. The number of alkyl halides is 3. The van der Waals surface area contributed by atoms with Gasteiger partial charge in [0.15, 0.2) is 0 Å². The van der Waals surface area contributed by atoms with Gasteiger partial charge < -0.3 is 40.3 Å². The lowest BCUT2D eigenvalue weighted by Crippen LogP contribution is -2.48. The number of halogens is 3. The molecule has 0 unspecified atom stereocenters. The zero-order chi connectivity index (χ0) is 39.7. The number of carbonyl (C=O) groups is 3. The van der Waals surface area contributed by atoms with Crippen LogP contribution in [0.25, 0.3) is 10.8 Å². The topological polar surface area (TPSA) is 132 Å². The quantitative estimate of drug-likeness (QED) is 0.149. The van der Waals surface area contributed by atoms with Crippen molar-refractivity contribution in [3.05, 3.63) is 96.1 Å². The molecule has 0 saturated carbocycles. The van der Waals surface area contributed by atoms with Crippen molar-refractivity contribution in [2.24, 2.45) is 5.92 Å². The number of anilines is 3. The molecule has 294 valence electrons. The van der Waals surface area contributed by atoms with Crippen LogP contribution in [0.2, 0.25) is 0 Å². The molecule has 0 aliphatic carbocycles. The molecule has 11 nitrogen and oxygen atoms in total. The first kappa shape index (κ1) is 40.8.